The molecule has 0 saturated heterocycles. The van der Waals surface area contributed by atoms with Crippen LogP contribution in [0, 0.1) is 6.92 Å². The molecule has 1 fully saturated rings. The molecule has 1 aliphatic rings. The van der Waals surface area contributed by atoms with E-state index in [0.717, 1.165) is 11.1 Å². The van der Waals surface area contributed by atoms with E-state index in [1.807, 2.05) is 19.1 Å². The Bertz CT molecular complexity index is 1290. The zero-order chi connectivity index (χ0) is 20.9. The van der Waals surface area contributed by atoms with Crippen molar-refractivity contribution in [2.24, 2.45) is 0 Å². The summed E-state index contributed by atoms with van der Waals surface area (Å²) < 4.78 is 6.78. The fourth-order valence-electron chi connectivity index (χ4n) is 3.92. The van der Waals surface area contributed by atoms with Crippen LogP contribution in [0.2, 0.25) is 5.02 Å². The van der Waals surface area contributed by atoms with Crippen LogP contribution in [-0.2, 0) is 12.1 Å². The van der Waals surface area contributed by atoms with Gasteiger partial charge in [0, 0.05) is 17.1 Å². The first-order valence-corrected chi connectivity index (χ1v) is 9.92. The summed E-state index contributed by atoms with van der Waals surface area (Å²) in [5.41, 5.74) is 0.933. The second kappa shape index (κ2) is 7.00. The average Bonchev–Trinajstić information content (AvgIpc) is 3.16. The topological polar surface area (TPSA) is 107 Å². The number of pyridine rings is 1. The van der Waals surface area contributed by atoms with Crippen molar-refractivity contribution in [2.45, 2.75) is 37.8 Å². The summed E-state index contributed by atoms with van der Waals surface area (Å²) in [5, 5.41) is 16.0. The quantitative estimate of drug-likeness (QED) is 0.537. The average molecular weight is 424 g/mol. The van der Waals surface area contributed by atoms with Gasteiger partial charge in [0.1, 0.15) is 12.9 Å². The number of rotatable bonds is 4. The van der Waals surface area contributed by atoms with Crippen LogP contribution in [-0.4, -0.2) is 29.8 Å². The molecule has 4 aromatic rings. The van der Waals surface area contributed by atoms with Gasteiger partial charge in [-0.2, -0.15) is 4.98 Å². The molecule has 1 N–H and O–H groups in total. The Morgan fingerprint density at radius 2 is 2.00 bits per heavy atom. The van der Waals surface area contributed by atoms with Gasteiger partial charge >= 0.3 is 0 Å². The molecule has 1 saturated carbocycles. The van der Waals surface area contributed by atoms with Crippen molar-refractivity contribution in [3.05, 3.63) is 81.1 Å². The van der Waals surface area contributed by atoms with Gasteiger partial charge in [0.05, 0.1) is 11.0 Å². The Kier molecular flexibility index (Phi) is 4.41. The van der Waals surface area contributed by atoms with E-state index in [-0.39, 0.29) is 18.0 Å². The Balaban J connectivity index is 1.33. The monoisotopic (exact) mass is 423 g/mol. The Morgan fingerprint density at radius 3 is 2.77 bits per heavy atom. The lowest BCUT2D eigenvalue weighted by atomic mass is 9.67. The first-order valence-electron chi connectivity index (χ1n) is 9.55. The predicted molar refractivity (Wildman–Crippen MR) is 109 cm³/mol. The third kappa shape index (κ3) is 3.18. The number of nitrogens with zero attached hydrogens (tertiary/aromatic N) is 5. The number of benzene rings is 1. The number of aliphatic hydroxyl groups is 1. The molecule has 152 valence electrons. The van der Waals surface area contributed by atoms with Gasteiger partial charge in [0.25, 0.3) is 5.56 Å². The molecular formula is C21H18ClN5O3. The van der Waals surface area contributed by atoms with Crippen molar-refractivity contribution in [2.75, 3.05) is 0 Å². The number of hydrogen-bond donors (Lipinski definition) is 1. The number of halogens is 1. The molecule has 8 nitrogen and oxygen atoms in total. The largest absolute Gasteiger partial charge is 0.385 e. The van der Waals surface area contributed by atoms with Crippen LogP contribution in [0.3, 0.4) is 0 Å². The second-order valence-electron chi connectivity index (χ2n) is 7.69. The van der Waals surface area contributed by atoms with Crippen molar-refractivity contribution < 1.29 is 9.63 Å². The van der Waals surface area contributed by atoms with E-state index in [1.54, 1.807) is 24.4 Å². The molecule has 0 bridgehead atoms. The molecule has 5 rings (SSSR count). The summed E-state index contributed by atoms with van der Waals surface area (Å²) in [5.74, 6) is 0.834. The highest BCUT2D eigenvalue weighted by molar-refractivity contribution is 6.30. The molecule has 30 heavy (non-hydrogen) atoms. The summed E-state index contributed by atoms with van der Waals surface area (Å²) in [7, 11) is 0. The van der Waals surface area contributed by atoms with Gasteiger partial charge in [-0.15, -0.1) is 0 Å². The highest BCUT2D eigenvalue weighted by atomic mass is 35.5. The van der Waals surface area contributed by atoms with Gasteiger partial charge in [0.15, 0.2) is 11.5 Å². The maximum Gasteiger partial charge on any atom is 0.263 e. The summed E-state index contributed by atoms with van der Waals surface area (Å²) in [4.78, 5) is 25.6. The van der Waals surface area contributed by atoms with E-state index in [1.165, 1.54) is 10.9 Å². The summed E-state index contributed by atoms with van der Waals surface area (Å²) in [6.45, 7) is 1.97. The van der Waals surface area contributed by atoms with Crippen molar-refractivity contribution >= 4 is 22.6 Å². The lowest BCUT2D eigenvalue weighted by molar-refractivity contribution is -0.0573. The molecule has 0 atom stereocenters. The number of aryl methyl sites for hydroxylation is 1. The zero-order valence-electron chi connectivity index (χ0n) is 16.1. The van der Waals surface area contributed by atoms with Crippen LogP contribution in [0.5, 0.6) is 0 Å². The van der Waals surface area contributed by atoms with Crippen LogP contribution in [0.15, 0.2) is 52.2 Å². The molecule has 0 amide bonds. The molecule has 9 heteroatoms. The third-order valence-corrected chi connectivity index (χ3v) is 5.89. The van der Waals surface area contributed by atoms with Crippen LogP contribution in [0.1, 0.15) is 41.6 Å². The lowest BCUT2D eigenvalue weighted by Gasteiger charge is -2.42. The SMILES string of the molecule is Cc1ccnc2ncn(Cc3nc(C4CC(O)(c5ccc(Cl)cc5)C4)no3)c(=O)c12. The molecule has 0 unspecified atom stereocenters. The van der Waals surface area contributed by atoms with Crippen molar-refractivity contribution in [1.29, 1.82) is 0 Å². The van der Waals surface area contributed by atoms with E-state index >= 15 is 0 Å². The van der Waals surface area contributed by atoms with E-state index in [2.05, 4.69) is 20.1 Å². The fourth-order valence-corrected chi connectivity index (χ4v) is 4.04. The highest BCUT2D eigenvalue weighted by Gasteiger charge is 2.46. The summed E-state index contributed by atoms with van der Waals surface area (Å²) >= 11 is 5.92. The number of aromatic nitrogens is 5. The Morgan fingerprint density at radius 1 is 1.23 bits per heavy atom. The zero-order valence-corrected chi connectivity index (χ0v) is 16.9. The molecule has 1 aliphatic carbocycles. The number of hydrogen-bond acceptors (Lipinski definition) is 7. The van der Waals surface area contributed by atoms with Crippen molar-refractivity contribution in [1.82, 2.24) is 24.7 Å². The van der Waals surface area contributed by atoms with Gasteiger partial charge in [0.2, 0.25) is 5.89 Å². The van der Waals surface area contributed by atoms with E-state index in [0.29, 0.717) is 40.6 Å². The molecule has 0 radical (unpaired) electrons. The molecule has 1 aromatic carbocycles. The van der Waals surface area contributed by atoms with Gasteiger partial charge in [-0.05, 0) is 49.1 Å². The van der Waals surface area contributed by atoms with Gasteiger partial charge in [-0.25, -0.2) is 9.97 Å². The van der Waals surface area contributed by atoms with Crippen LogP contribution < -0.4 is 5.56 Å². The first kappa shape index (κ1) is 18.9. The molecular weight excluding hydrogens is 406 g/mol. The standard InChI is InChI=1S/C21H18ClN5O3/c1-12-6-7-23-19-17(12)20(28)27(11-24-19)10-16-25-18(26-30-16)13-8-21(29,9-13)14-2-4-15(22)5-3-14/h2-7,11,13,29H,8-10H2,1H3. The highest BCUT2D eigenvalue weighted by Crippen LogP contribution is 2.50. The molecule has 0 aliphatic heterocycles. The number of fused-ring (bicyclic) bond motifs is 1. The minimum atomic E-state index is -0.917. The summed E-state index contributed by atoms with van der Waals surface area (Å²) in [6.07, 6.45) is 4.05. The Hall–Kier alpha value is -3.10. The van der Waals surface area contributed by atoms with Crippen LogP contribution in [0.25, 0.3) is 11.0 Å². The van der Waals surface area contributed by atoms with E-state index < -0.39 is 5.60 Å². The summed E-state index contributed by atoms with van der Waals surface area (Å²) in [6, 6.07) is 8.97. The van der Waals surface area contributed by atoms with E-state index in [4.69, 9.17) is 16.1 Å². The third-order valence-electron chi connectivity index (χ3n) is 5.64. The molecule has 3 aromatic heterocycles. The first-order chi connectivity index (χ1) is 14.4. The van der Waals surface area contributed by atoms with Gasteiger partial charge in [-0.3, -0.25) is 9.36 Å². The second-order valence-corrected chi connectivity index (χ2v) is 8.13. The van der Waals surface area contributed by atoms with Crippen molar-refractivity contribution in [3.8, 4) is 0 Å². The van der Waals surface area contributed by atoms with Gasteiger partial charge in [-0.1, -0.05) is 28.9 Å². The van der Waals surface area contributed by atoms with Crippen molar-refractivity contribution in [3.63, 3.8) is 0 Å². The smallest absolute Gasteiger partial charge is 0.263 e. The Labute approximate surface area is 176 Å². The van der Waals surface area contributed by atoms with E-state index in [9.17, 15) is 9.90 Å². The van der Waals surface area contributed by atoms with Crippen LogP contribution in [0.4, 0.5) is 0 Å². The minimum Gasteiger partial charge on any atom is -0.385 e. The fraction of sp³-hybridized carbons (Fsp3) is 0.286. The lowest BCUT2D eigenvalue weighted by Crippen LogP contribution is -2.40. The molecule has 0 spiro atoms. The normalized spacial score (nSPS) is 21.0. The minimum absolute atomic E-state index is 0.0129. The molecule has 3 heterocycles. The maximum absolute atomic E-state index is 12.8. The maximum atomic E-state index is 12.8. The van der Waals surface area contributed by atoms with Crippen LogP contribution >= 0.6 is 11.6 Å². The predicted octanol–water partition coefficient (Wildman–Crippen LogP) is 2.95. The van der Waals surface area contributed by atoms with Gasteiger partial charge < -0.3 is 9.63 Å².